The predicted octanol–water partition coefficient (Wildman–Crippen LogP) is 2.10. The zero-order valence-corrected chi connectivity index (χ0v) is 10.2. The summed E-state index contributed by atoms with van der Waals surface area (Å²) in [7, 11) is 1.33. The van der Waals surface area contributed by atoms with Crippen molar-refractivity contribution < 1.29 is 18.3 Å². The van der Waals surface area contributed by atoms with Gasteiger partial charge in [-0.2, -0.15) is 0 Å². The predicted molar refractivity (Wildman–Crippen MR) is 61.8 cm³/mol. The maximum atomic E-state index is 13.5. The Balaban J connectivity index is 2.13. The standard InChI is InChI=1S/C13H15F2NO2/c1-18-13(17)11-6-3-7-16(11)8-9-4-2-5-10(14)12(9)15/h2,4-5,11H,3,6-8H2,1H3. The number of nitrogens with zero attached hydrogens (tertiary/aromatic N) is 1. The molecule has 0 radical (unpaired) electrons. The summed E-state index contributed by atoms with van der Waals surface area (Å²) in [5, 5.41) is 0. The Bertz CT molecular complexity index is 451. The number of methoxy groups -OCH3 is 1. The molecule has 1 aliphatic heterocycles. The molecule has 0 saturated carbocycles. The molecule has 0 spiro atoms. The second-order valence-electron chi connectivity index (χ2n) is 4.36. The monoisotopic (exact) mass is 255 g/mol. The molecule has 0 aliphatic carbocycles. The molecule has 1 fully saturated rings. The average Bonchev–Trinajstić information content (AvgIpc) is 2.82. The number of hydrogen-bond donors (Lipinski definition) is 0. The number of hydrogen-bond acceptors (Lipinski definition) is 3. The number of benzene rings is 1. The van der Waals surface area contributed by atoms with Crippen LogP contribution in [0.2, 0.25) is 0 Å². The van der Waals surface area contributed by atoms with Crippen molar-refractivity contribution in [1.82, 2.24) is 4.90 Å². The lowest BCUT2D eigenvalue weighted by molar-refractivity contribution is -0.146. The first-order valence-electron chi connectivity index (χ1n) is 5.88. The van der Waals surface area contributed by atoms with Gasteiger partial charge in [0.15, 0.2) is 11.6 Å². The molecular formula is C13H15F2NO2. The third kappa shape index (κ3) is 2.51. The van der Waals surface area contributed by atoms with Gasteiger partial charge in [-0.1, -0.05) is 12.1 Å². The van der Waals surface area contributed by atoms with Crippen LogP contribution >= 0.6 is 0 Å². The maximum absolute atomic E-state index is 13.5. The molecule has 1 heterocycles. The molecule has 0 amide bonds. The summed E-state index contributed by atoms with van der Waals surface area (Å²) >= 11 is 0. The van der Waals surface area contributed by atoms with Crippen LogP contribution in [-0.2, 0) is 16.1 Å². The van der Waals surface area contributed by atoms with E-state index in [1.54, 1.807) is 0 Å². The first-order valence-corrected chi connectivity index (χ1v) is 5.88. The fraction of sp³-hybridized carbons (Fsp3) is 0.462. The van der Waals surface area contributed by atoms with Gasteiger partial charge in [0.25, 0.3) is 0 Å². The van der Waals surface area contributed by atoms with E-state index in [-0.39, 0.29) is 24.1 Å². The Labute approximate surface area is 104 Å². The van der Waals surface area contributed by atoms with E-state index in [1.807, 2.05) is 4.90 Å². The van der Waals surface area contributed by atoms with Gasteiger partial charge in [0, 0.05) is 12.1 Å². The summed E-state index contributed by atoms with van der Waals surface area (Å²) in [6, 6.07) is 3.74. The van der Waals surface area contributed by atoms with E-state index in [4.69, 9.17) is 4.74 Å². The fourth-order valence-corrected chi connectivity index (χ4v) is 2.31. The van der Waals surface area contributed by atoms with Crippen molar-refractivity contribution in [3.05, 3.63) is 35.4 Å². The molecule has 0 bridgehead atoms. The van der Waals surface area contributed by atoms with Crippen LogP contribution in [-0.4, -0.2) is 30.6 Å². The smallest absolute Gasteiger partial charge is 0.323 e. The van der Waals surface area contributed by atoms with Crippen LogP contribution in [0.3, 0.4) is 0 Å². The zero-order valence-electron chi connectivity index (χ0n) is 10.2. The largest absolute Gasteiger partial charge is 0.468 e. The second-order valence-corrected chi connectivity index (χ2v) is 4.36. The van der Waals surface area contributed by atoms with Gasteiger partial charge in [-0.15, -0.1) is 0 Å². The molecule has 0 aromatic heterocycles. The fourth-order valence-electron chi connectivity index (χ4n) is 2.31. The summed E-state index contributed by atoms with van der Waals surface area (Å²) in [6.45, 7) is 0.916. The summed E-state index contributed by atoms with van der Waals surface area (Å²) in [4.78, 5) is 13.4. The van der Waals surface area contributed by atoms with Crippen LogP contribution in [0.15, 0.2) is 18.2 Å². The first kappa shape index (κ1) is 13.0. The topological polar surface area (TPSA) is 29.5 Å². The number of halogens is 2. The van der Waals surface area contributed by atoms with E-state index in [0.29, 0.717) is 13.0 Å². The SMILES string of the molecule is COC(=O)C1CCCN1Cc1cccc(F)c1F. The molecule has 1 atom stereocenters. The van der Waals surface area contributed by atoms with Crippen molar-refractivity contribution in [3.63, 3.8) is 0 Å². The van der Waals surface area contributed by atoms with Crippen molar-refractivity contribution in [2.45, 2.75) is 25.4 Å². The molecule has 1 aliphatic rings. The number of esters is 1. The highest BCUT2D eigenvalue weighted by Gasteiger charge is 2.31. The number of rotatable bonds is 3. The molecule has 1 aromatic carbocycles. The van der Waals surface area contributed by atoms with Crippen molar-refractivity contribution >= 4 is 5.97 Å². The van der Waals surface area contributed by atoms with E-state index in [0.717, 1.165) is 12.5 Å². The lowest BCUT2D eigenvalue weighted by Crippen LogP contribution is -2.36. The molecule has 5 heteroatoms. The van der Waals surface area contributed by atoms with Crippen LogP contribution in [0.4, 0.5) is 8.78 Å². The molecule has 3 nitrogen and oxygen atoms in total. The minimum atomic E-state index is -0.860. The van der Waals surface area contributed by atoms with Gasteiger partial charge in [-0.3, -0.25) is 9.69 Å². The molecular weight excluding hydrogens is 240 g/mol. The molecule has 1 unspecified atom stereocenters. The summed E-state index contributed by atoms with van der Waals surface area (Å²) in [5.74, 6) is -2.02. The minimum absolute atomic E-state index is 0.226. The lowest BCUT2D eigenvalue weighted by Gasteiger charge is -2.22. The molecule has 2 rings (SSSR count). The van der Waals surface area contributed by atoms with E-state index >= 15 is 0 Å². The summed E-state index contributed by atoms with van der Waals surface area (Å²) in [6.07, 6.45) is 1.56. The van der Waals surface area contributed by atoms with Gasteiger partial charge in [0.1, 0.15) is 6.04 Å². The molecule has 0 N–H and O–H groups in total. The van der Waals surface area contributed by atoms with Gasteiger partial charge < -0.3 is 4.74 Å². The van der Waals surface area contributed by atoms with Crippen molar-refractivity contribution in [1.29, 1.82) is 0 Å². The highest BCUT2D eigenvalue weighted by Crippen LogP contribution is 2.22. The molecule has 98 valence electrons. The van der Waals surface area contributed by atoms with Gasteiger partial charge in [0.05, 0.1) is 7.11 Å². The molecule has 1 aromatic rings. The van der Waals surface area contributed by atoms with Crippen LogP contribution in [0.5, 0.6) is 0 Å². The number of carbonyl (C=O) groups excluding carboxylic acids is 1. The zero-order chi connectivity index (χ0) is 13.1. The van der Waals surface area contributed by atoms with Gasteiger partial charge in [0.2, 0.25) is 0 Å². The van der Waals surface area contributed by atoms with Crippen LogP contribution < -0.4 is 0 Å². The van der Waals surface area contributed by atoms with Gasteiger partial charge in [-0.25, -0.2) is 8.78 Å². The van der Waals surface area contributed by atoms with E-state index in [9.17, 15) is 13.6 Å². The Hall–Kier alpha value is -1.49. The first-order chi connectivity index (χ1) is 8.63. The lowest BCUT2D eigenvalue weighted by atomic mass is 10.1. The van der Waals surface area contributed by atoms with Crippen molar-refractivity contribution in [3.8, 4) is 0 Å². The molecule has 1 saturated heterocycles. The second kappa shape index (κ2) is 5.44. The normalized spacial score (nSPS) is 20.1. The Morgan fingerprint density at radius 1 is 1.50 bits per heavy atom. The van der Waals surface area contributed by atoms with E-state index < -0.39 is 11.6 Å². The minimum Gasteiger partial charge on any atom is -0.468 e. The highest BCUT2D eigenvalue weighted by molar-refractivity contribution is 5.75. The van der Waals surface area contributed by atoms with Crippen molar-refractivity contribution in [2.24, 2.45) is 0 Å². The maximum Gasteiger partial charge on any atom is 0.323 e. The third-order valence-electron chi connectivity index (χ3n) is 3.24. The Morgan fingerprint density at radius 3 is 3.00 bits per heavy atom. The van der Waals surface area contributed by atoms with E-state index in [1.165, 1.54) is 19.2 Å². The number of likely N-dealkylation sites (tertiary alicyclic amines) is 1. The highest BCUT2D eigenvalue weighted by atomic mass is 19.2. The molecule has 18 heavy (non-hydrogen) atoms. The van der Waals surface area contributed by atoms with Crippen molar-refractivity contribution in [2.75, 3.05) is 13.7 Å². The number of ether oxygens (including phenoxy) is 1. The van der Waals surface area contributed by atoms with Crippen LogP contribution in [0.1, 0.15) is 18.4 Å². The third-order valence-corrected chi connectivity index (χ3v) is 3.24. The van der Waals surface area contributed by atoms with Crippen LogP contribution in [0, 0.1) is 11.6 Å². The van der Waals surface area contributed by atoms with E-state index in [2.05, 4.69) is 0 Å². The van der Waals surface area contributed by atoms with Gasteiger partial charge in [-0.05, 0) is 25.5 Å². The quantitative estimate of drug-likeness (QED) is 0.775. The number of carbonyl (C=O) groups is 1. The summed E-state index contributed by atoms with van der Waals surface area (Å²) in [5.41, 5.74) is 0.269. The average molecular weight is 255 g/mol. The summed E-state index contributed by atoms with van der Waals surface area (Å²) < 4.78 is 31.3. The van der Waals surface area contributed by atoms with Gasteiger partial charge >= 0.3 is 5.97 Å². The Morgan fingerprint density at radius 2 is 2.28 bits per heavy atom. The van der Waals surface area contributed by atoms with Crippen LogP contribution in [0.25, 0.3) is 0 Å². The Kier molecular flexibility index (Phi) is 3.91.